The van der Waals surface area contributed by atoms with Gasteiger partial charge in [-0.25, -0.2) is 0 Å². The van der Waals surface area contributed by atoms with Gasteiger partial charge >= 0.3 is 11.9 Å². The molecule has 0 unspecified atom stereocenters. The van der Waals surface area contributed by atoms with Gasteiger partial charge in [-0.05, 0) is 30.5 Å². The molecule has 5 heteroatoms. The fraction of sp³-hybridized carbons (Fsp3) is 0.385. The highest BCUT2D eigenvalue weighted by Crippen LogP contribution is 2.34. The number of hydrogen-bond acceptors (Lipinski definition) is 3. The average molecular weight is 251 g/mol. The van der Waals surface area contributed by atoms with Crippen molar-refractivity contribution in [2.24, 2.45) is 0 Å². The third-order valence-electron chi connectivity index (χ3n) is 3.24. The highest BCUT2D eigenvalue weighted by atomic mass is 16.4. The lowest BCUT2D eigenvalue weighted by Crippen LogP contribution is -2.35. The number of carbonyl (C=O) groups is 2. The summed E-state index contributed by atoms with van der Waals surface area (Å²) in [5.74, 6) is -2.00. The number of carboxylic acids is 2. The van der Waals surface area contributed by atoms with Gasteiger partial charge in [0, 0.05) is 12.1 Å². The van der Waals surface area contributed by atoms with Crippen molar-refractivity contribution in [3.05, 3.63) is 29.8 Å². The van der Waals surface area contributed by atoms with Crippen LogP contribution in [-0.4, -0.2) is 22.2 Å². The second-order valence-corrected chi connectivity index (χ2v) is 4.26. The molecule has 0 saturated heterocycles. The molecule has 4 N–H and O–H groups in total. The van der Waals surface area contributed by atoms with Crippen LogP contribution >= 0.6 is 0 Å². The van der Waals surface area contributed by atoms with Crippen molar-refractivity contribution >= 4 is 17.6 Å². The second kappa shape index (κ2) is 5.53. The summed E-state index contributed by atoms with van der Waals surface area (Å²) in [4.78, 5) is 22.2. The van der Waals surface area contributed by atoms with E-state index in [1.54, 1.807) is 31.2 Å². The maximum Gasteiger partial charge on any atom is 0.314 e. The van der Waals surface area contributed by atoms with E-state index in [2.05, 4.69) is 0 Å². The Bertz CT molecular complexity index is 441. The van der Waals surface area contributed by atoms with Gasteiger partial charge in [0.05, 0.1) is 5.41 Å². The molecule has 0 heterocycles. The van der Waals surface area contributed by atoms with E-state index in [-0.39, 0.29) is 12.8 Å². The van der Waals surface area contributed by atoms with Crippen molar-refractivity contribution in [1.82, 2.24) is 0 Å². The molecular weight excluding hydrogens is 234 g/mol. The Kier molecular flexibility index (Phi) is 4.31. The minimum absolute atomic E-state index is 0.0675. The molecule has 0 radical (unpaired) electrons. The molecule has 1 rings (SSSR count). The quantitative estimate of drug-likeness (QED) is 0.670. The Balaban J connectivity index is 3.14. The van der Waals surface area contributed by atoms with Crippen molar-refractivity contribution in [3.63, 3.8) is 0 Å². The Hall–Kier alpha value is -2.04. The van der Waals surface area contributed by atoms with E-state index in [9.17, 15) is 14.7 Å². The van der Waals surface area contributed by atoms with Crippen LogP contribution in [-0.2, 0) is 15.0 Å². The first-order chi connectivity index (χ1) is 8.42. The average Bonchev–Trinajstić information content (AvgIpc) is 2.31. The first-order valence-corrected chi connectivity index (χ1v) is 5.73. The second-order valence-electron chi connectivity index (χ2n) is 4.26. The van der Waals surface area contributed by atoms with Crippen LogP contribution in [0.25, 0.3) is 0 Å². The van der Waals surface area contributed by atoms with Gasteiger partial charge < -0.3 is 15.9 Å². The monoisotopic (exact) mass is 251 g/mol. The predicted molar refractivity (Wildman–Crippen MR) is 67.3 cm³/mol. The van der Waals surface area contributed by atoms with Crippen molar-refractivity contribution in [3.8, 4) is 0 Å². The number of hydrogen-bond donors (Lipinski definition) is 3. The minimum atomic E-state index is -1.16. The minimum Gasteiger partial charge on any atom is -0.481 e. The smallest absolute Gasteiger partial charge is 0.314 e. The third kappa shape index (κ3) is 2.80. The van der Waals surface area contributed by atoms with E-state index in [4.69, 9.17) is 10.8 Å². The summed E-state index contributed by atoms with van der Waals surface area (Å²) in [5, 5.41) is 18.2. The molecule has 0 saturated carbocycles. The van der Waals surface area contributed by atoms with Gasteiger partial charge in [0.2, 0.25) is 0 Å². The maximum absolute atomic E-state index is 11.5. The number of aliphatic carboxylic acids is 2. The van der Waals surface area contributed by atoms with Crippen LogP contribution in [0, 0.1) is 0 Å². The molecule has 1 aromatic rings. The van der Waals surface area contributed by atoms with Crippen molar-refractivity contribution in [2.75, 3.05) is 5.73 Å². The summed E-state index contributed by atoms with van der Waals surface area (Å²) in [7, 11) is 0. The van der Waals surface area contributed by atoms with Gasteiger partial charge in [0.25, 0.3) is 0 Å². The van der Waals surface area contributed by atoms with Crippen LogP contribution in [0.2, 0.25) is 0 Å². The molecule has 0 spiro atoms. The van der Waals surface area contributed by atoms with Crippen LogP contribution in [0.4, 0.5) is 5.69 Å². The molecule has 0 bridgehead atoms. The van der Waals surface area contributed by atoms with Gasteiger partial charge in [-0.15, -0.1) is 0 Å². The normalized spacial score (nSPS) is 13.8. The lowest BCUT2D eigenvalue weighted by Gasteiger charge is -2.28. The summed E-state index contributed by atoms with van der Waals surface area (Å²) in [6.45, 7) is 1.74. The number of rotatable bonds is 6. The summed E-state index contributed by atoms with van der Waals surface area (Å²) < 4.78 is 0. The van der Waals surface area contributed by atoms with Crippen molar-refractivity contribution < 1.29 is 19.8 Å². The maximum atomic E-state index is 11.5. The van der Waals surface area contributed by atoms with Crippen LogP contribution in [0.3, 0.4) is 0 Å². The third-order valence-corrected chi connectivity index (χ3v) is 3.24. The summed E-state index contributed by atoms with van der Waals surface area (Å²) in [6.07, 6.45) is 0.224. The Morgan fingerprint density at radius 3 is 2.17 bits per heavy atom. The van der Waals surface area contributed by atoms with Crippen LogP contribution in [0.15, 0.2) is 24.3 Å². The summed E-state index contributed by atoms with van der Waals surface area (Å²) in [6, 6.07) is 6.55. The Labute approximate surface area is 105 Å². The van der Waals surface area contributed by atoms with E-state index in [1.807, 2.05) is 0 Å². The Morgan fingerprint density at radius 1 is 1.22 bits per heavy atom. The summed E-state index contributed by atoms with van der Waals surface area (Å²) >= 11 is 0. The van der Waals surface area contributed by atoms with E-state index in [1.165, 1.54) is 0 Å². The molecule has 98 valence electrons. The molecular formula is C13H17NO4. The zero-order chi connectivity index (χ0) is 13.8. The number of nitrogens with two attached hydrogens (primary N) is 1. The van der Waals surface area contributed by atoms with Gasteiger partial charge in [-0.3, -0.25) is 9.59 Å². The van der Waals surface area contributed by atoms with E-state index >= 15 is 0 Å². The van der Waals surface area contributed by atoms with Gasteiger partial charge in [-0.1, -0.05) is 19.1 Å². The van der Waals surface area contributed by atoms with Crippen LogP contribution in [0.1, 0.15) is 31.7 Å². The van der Waals surface area contributed by atoms with E-state index < -0.39 is 17.4 Å². The molecule has 0 aliphatic carbocycles. The molecule has 1 aromatic carbocycles. The standard InChI is InChI=1S/C13H17NO4/c1-2-13(12(17)18,8-7-11(15)16)9-3-5-10(14)6-4-9/h3-6H,2,7-8,14H2,1H3,(H,15,16)(H,17,18)/t13-/m0/s1. The number of carboxylic acid groups (broad SMARTS) is 2. The molecule has 0 amide bonds. The fourth-order valence-corrected chi connectivity index (χ4v) is 2.03. The molecule has 0 fully saturated rings. The number of nitrogen functional groups attached to an aromatic ring is 1. The molecule has 1 atom stereocenters. The molecule has 0 aliphatic heterocycles. The van der Waals surface area contributed by atoms with Gasteiger partial charge in [-0.2, -0.15) is 0 Å². The lowest BCUT2D eigenvalue weighted by atomic mass is 9.74. The molecule has 0 aliphatic rings. The zero-order valence-electron chi connectivity index (χ0n) is 10.2. The van der Waals surface area contributed by atoms with Gasteiger partial charge in [0.15, 0.2) is 0 Å². The van der Waals surface area contributed by atoms with E-state index in [0.29, 0.717) is 17.7 Å². The Morgan fingerprint density at radius 2 is 1.78 bits per heavy atom. The SMILES string of the molecule is CC[C@@](CCC(=O)O)(C(=O)O)c1ccc(N)cc1. The molecule has 5 nitrogen and oxygen atoms in total. The lowest BCUT2D eigenvalue weighted by molar-refractivity contribution is -0.145. The number of anilines is 1. The highest BCUT2D eigenvalue weighted by Gasteiger charge is 2.38. The first-order valence-electron chi connectivity index (χ1n) is 5.73. The topological polar surface area (TPSA) is 101 Å². The summed E-state index contributed by atoms with van der Waals surface area (Å²) in [5.41, 5.74) is 5.55. The first kappa shape index (κ1) is 14.0. The predicted octanol–water partition coefficient (Wildman–Crippen LogP) is 1.87. The fourth-order valence-electron chi connectivity index (χ4n) is 2.03. The number of benzene rings is 1. The van der Waals surface area contributed by atoms with Crippen molar-refractivity contribution in [1.29, 1.82) is 0 Å². The highest BCUT2D eigenvalue weighted by molar-refractivity contribution is 5.82. The molecule has 0 aromatic heterocycles. The van der Waals surface area contributed by atoms with Gasteiger partial charge in [0.1, 0.15) is 0 Å². The zero-order valence-corrected chi connectivity index (χ0v) is 10.2. The van der Waals surface area contributed by atoms with E-state index in [0.717, 1.165) is 0 Å². The van der Waals surface area contributed by atoms with Crippen LogP contribution < -0.4 is 5.73 Å². The van der Waals surface area contributed by atoms with Crippen molar-refractivity contribution in [2.45, 2.75) is 31.6 Å². The van der Waals surface area contributed by atoms with Crippen LogP contribution in [0.5, 0.6) is 0 Å². The largest absolute Gasteiger partial charge is 0.481 e. The molecule has 18 heavy (non-hydrogen) atoms.